The molecule has 0 saturated carbocycles. The van der Waals surface area contributed by atoms with Crippen LogP contribution in [0.4, 0.5) is 15.8 Å². The van der Waals surface area contributed by atoms with Gasteiger partial charge in [0.1, 0.15) is 17.2 Å². The van der Waals surface area contributed by atoms with Gasteiger partial charge >= 0.3 is 0 Å². The molecule has 5 aromatic rings. The van der Waals surface area contributed by atoms with Crippen molar-refractivity contribution in [2.24, 2.45) is 0 Å². The number of rotatable bonds is 9. The zero-order chi connectivity index (χ0) is 28.3. The van der Waals surface area contributed by atoms with E-state index in [0.29, 0.717) is 46.6 Å². The Labute approximate surface area is 233 Å². The normalized spacial score (nSPS) is 12.6. The van der Waals surface area contributed by atoms with Crippen LogP contribution >= 0.6 is 0 Å². The monoisotopic (exact) mass is 555 g/mol. The number of hydrogen-bond acceptors (Lipinski definition) is 4. The summed E-state index contributed by atoms with van der Waals surface area (Å²) in [6, 6.07) is 29.0. The summed E-state index contributed by atoms with van der Waals surface area (Å²) in [5.74, 6) is 3.62. The summed E-state index contributed by atoms with van der Waals surface area (Å²) in [6.07, 6.45) is 1.61. The van der Waals surface area contributed by atoms with Gasteiger partial charge in [-0.2, -0.15) is 0 Å². The molecule has 1 heterocycles. The second-order valence-corrected chi connectivity index (χ2v) is 11.8. The lowest BCUT2D eigenvalue weighted by atomic mass is 9.98. The van der Waals surface area contributed by atoms with E-state index in [4.69, 9.17) is 4.42 Å². The topological polar surface area (TPSA) is 74.6 Å². The van der Waals surface area contributed by atoms with Crippen LogP contribution in [0.1, 0.15) is 10.4 Å². The highest BCUT2D eigenvalue weighted by atomic mass is 32.2. The number of benzene rings is 4. The van der Waals surface area contributed by atoms with Crippen LogP contribution < -0.4 is 14.9 Å². The molecule has 1 unspecified atom stereocenters. The van der Waals surface area contributed by atoms with Crippen LogP contribution in [0.15, 0.2) is 101 Å². The van der Waals surface area contributed by atoms with E-state index >= 15 is 0 Å². The Morgan fingerprint density at radius 1 is 0.950 bits per heavy atom. The summed E-state index contributed by atoms with van der Waals surface area (Å²) in [7, 11) is -1.17. The molecule has 0 aliphatic carbocycles. The highest BCUT2D eigenvalue weighted by Gasteiger charge is 2.26. The molecular formula is C32H30FN3O3S. The van der Waals surface area contributed by atoms with E-state index in [1.807, 2.05) is 72.8 Å². The van der Waals surface area contributed by atoms with E-state index in [0.717, 1.165) is 16.8 Å². The first-order valence-electron chi connectivity index (χ1n) is 12.8. The molecule has 5 rings (SSSR count). The standard InChI is InChI=1S/C32H30FN3O3S/c1-34-32(37)30-27-20-26(22-10-6-4-7-11-22)28(21-29(27)39-31(30)23-14-16-24(33)17-15-23)36(40(2,3)38)19-18-35-25-12-8-5-9-13-25/h4-17,20-21,35H,2,18-19H2,1,3H3,(H,34,37). The summed E-state index contributed by atoms with van der Waals surface area (Å²) in [5.41, 5.74) is 4.64. The van der Waals surface area contributed by atoms with Crippen LogP contribution in [0.25, 0.3) is 33.4 Å². The Bertz CT molecular complexity index is 1750. The van der Waals surface area contributed by atoms with Crippen molar-refractivity contribution in [3.63, 3.8) is 0 Å². The van der Waals surface area contributed by atoms with E-state index in [1.165, 1.54) is 12.1 Å². The van der Waals surface area contributed by atoms with Gasteiger partial charge in [-0.3, -0.25) is 9.10 Å². The molecule has 4 aromatic carbocycles. The summed E-state index contributed by atoms with van der Waals surface area (Å²) in [6.45, 7) is 0.909. The van der Waals surface area contributed by atoms with Crippen LogP contribution in [0.5, 0.6) is 0 Å². The maximum absolute atomic E-state index is 13.7. The Balaban J connectivity index is 1.69. The van der Waals surface area contributed by atoms with E-state index in [9.17, 15) is 13.4 Å². The number of nitrogens with zero attached hydrogens (tertiary/aromatic N) is 1. The summed E-state index contributed by atoms with van der Waals surface area (Å²) < 4.78 is 35.3. The lowest BCUT2D eigenvalue weighted by molar-refractivity contribution is 0.0964. The zero-order valence-corrected chi connectivity index (χ0v) is 23.1. The third kappa shape index (κ3) is 5.58. The van der Waals surface area contributed by atoms with Crippen molar-refractivity contribution in [1.82, 2.24) is 5.32 Å². The molecule has 1 atom stereocenters. The van der Waals surface area contributed by atoms with Gasteiger partial charge in [-0.05, 0) is 53.9 Å². The van der Waals surface area contributed by atoms with Gasteiger partial charge in [-0.15, -0.1) is 0 Å². The number of nitrogens with one attached hydrogen (secondary N) is 2. The van der Waals surface area contributed by atoms with Crippen LogP contribution in [-0.2, 0) is 9.71 Å². The molecule has 0 spiro atoms. The van der Waals surface area contributed by atoms with Gasteiger partial charge in [-0.25, -0.2) is 8.60 Å². The first-order valence-corrected chi connectivity index (χ1v) is 14.9. The Morgan fingerprint density at radius 2 is 1.60 bits per heavy atom. The fourth-order valence-electron chi connectivity index (χ4n) is 4.72. The third-order valence-electron chi connectivity index (χ3n) is 6.60. The van der Waals surface area contributed by atoms with Gasteiger partial charge in [0, 0.05) is 64.4 Å². The van der Waals surface area contributed by atoms with Gasteiger partial charge in [0.2, 0.25) is 0 Å². The number of fused-ring (bicyclic) bond motifs is 1. The maximum Gasteiger partial charge on any atom is 0.255 e. The molecule has 0 saturated heterocycles. The summed E-state index contributed by atoms with van der Waals surface area (Å²) in [5, 5.41) is 6.66. The van der Waals surface area contributed by atoms with Crippen molar-refractivity contribution < 1.29 is 17.8 Å². The Kier molecular flexibility index (Phi) is 7.62. The molecular weight excluding hydrogens is 525 g/mol. The predicted octanol–water partition coefficient (Wildman–Crippen LogP) is 6.45. The van der Waals surface area contributed by atoms with Crippen molar-refractivity contribution >= 4 is 43.8 Å². The average Bonchev–Trinajstić information content (AvgIpc) is 3.33. The van der Waals surface area contributed by atoms with E-state index in [1.54, 1.807) is 29.7 Å². The van der Waals surface area contributed by atoms with Crippen LogP contribution in [0, 0.1) is 5.82 Å². The van der Waals surface area contributed by atoms with Gasteiger partial charge in [0.25, 0.3) is 5.91 Å². The third-order valence-corrected chi connectivity index (χ3v) is 7.92. The molecule has 204 valence electrons. The van der Waals surface area contributed by atoms with Crippen molar-refractivity contribution in [3.05, 3.63) is 108 Å². The van der Waals surface area contributed by atoms with Crippen LogP contribution in [0.2, 0.25) is 0 Å². The summed E-state index contributed by atoms with van der Waals surface area (Å²) in [4.78, 5) is 13.1. The van der Waals surface area contributed by atoms with Gasteiger partial charge in [0.15, 0.2) is 0 Å². The Hall–Kier alpha value is -4.56. The fraction of sp³-hybridized carbons (Fsp3) is 0.125. The molecule has 0 fully saturated rings. The number of furan rings is 1. The minimum absolute atomic E-state index is 0.328. The first-order chi connectivity index (χ1) is 19.3. The number of amides is 1. The molecule has 8 heteroatoms. The number of para-hydroxylation sites is 1. The molecule has 0 aliphatic heterocycles. The maximum atomic E-state index is 13.7. The predicted molar refractivity (Wildman–Crippen MR) is 164 cm³/mol. The zero-order valence-electron chi connectivity index (χ0n) is 22.3. The summed E-state index contributed by atoms with van der Waals surface area (Å²) >= 11 is 0. The average molecular weight is 556 g/mol. The van der Waals surface area contributed by atoms with E-state index in [-0.39, 0.29) is 11.7 Å². The minimum atomic E-state index is -2.72. The quantitative estimate of drug-likeness (QED) is 0.205. The van der Waals surface area contributed by atoms with E-state index in [2.05, 4.69) is 16.5 Å². The van der Waals surface area contributed by atoms with Crippen molar-refractivity contribution in [1.29, 1.82) is 0 Å². The Morgan fingerprint density at radius 3 is 2.23 bits per heavy atom. The number of carbonyl (C=O) groups is 1. The van der Waals surface area contributed by atoms with Gasteiger partial charge in [0.05, 0.1) is 11.3 Å². The van der Waals surface area contributed by atoms with Crippen molar-refractivity contribution in [2.45, 2.75) is 0 Å². The number of hydrogen-bond donors (Lipinski definition) is 2. The minimum Gasteiger partial charge on any atom is -0.455 e. The second-order valence-electron chi connectivity index (χ2n) is 9.48. The lowest BCUT2D eigenvalue weighted by Crippen LogP contribution is -2.34. The van der Waals surface area contributed by atoms with Crippen LogP contribution in [0.3, 0.4) is 0 Å². The molecule has 0 bridgehead atoms. The van der Waals surface area contributed by atoms with E-state index < -0.39 is 9.71 Å². The number of anilines is 2. The molecule has 1 amide bonds. The van der Waals surface area contributed by atoms with Gasteiger partial charge in [-0.1, -0.05) is 48.5 Å². The van der Waals surface area contributed by atoms with Gasteiger partial charge < -0.3 is 15.1 Å². The molecule has 1 aromatic heterocycles. The van der Waals surface area contributed by atoms with Crippen LogP contribution in [-0.4, -0.2) is 42.4 Å². The fourth-order valence-corrected chi connectivity index (χ4v) is 5.77. The first kappa shape index (κ1) is 27.0. The SMILES string of the molecule is C=S(C)(=O)N(CCNc1ccccc1)c1cc2oc(-c3ccc(F)cc3)c(C(=O)NC)c2cc1-c1ccccc1. The highest BCUT2D eigenvalue weighted by Crippen LogP contribution is 2.41. The number of halogens is 1. The molecule has 2 N–H and O–H groups in total. The molecule has 40 heavy (non-hydrogen) atoms. The largest absolute Gasteiger partial charge is 0.455 e. The lowest BCUT2D eigenvalue weighted by Gasteiger charge is -2.29. The molecule has 0 aliphatic rings. The second kappa shape index (κ2) is 11.3. The molecule has 0 radical (unpaired) electrons. The van der Waals surface area contributed by atoms with Crippen molar-refractivity contribution in [3.8, 4) is 22.5 Å². The van der Waals surface area contributed by atoms with Crippen molar-refractivity contribution in [2.75, 3.05) is 36.0 Å². The smallest absolute Gasteiger partial charge is 0.255 e. The number of carbonyl (C=O) groups excluding carboxylic acids is 1. The molecule has 6 nitrogen and oxygen atoms in total. The highest BCUT2D eigenvalue weighted by molar-refractivity contribution is 8.00.